The number of hydrogen-bond donors (Lipinski definition) is 0. The molecule has 4 fully saturated rings. The molecule has 0 bridgehead atoms. The maximum absolute atomic E-state index is 13.5. The lowest BCUT2D eigenvalue weighted by atomic mass is 9.45. The van der Waals surface area contributed by atoms with Gasteiger partial charge in [0.1, 0.15) is 0 Å². The third-order valence-electron chi connectivity index (χ3n) is 9.58. The van der Waals surface area contributed by atoms with Gasteiger partial charge in [0.2, 0.25) is 0 Å². The largest absolute Gasteiger partial charge is 0.294 e. The van der Waals surface area contributed by atoms with Crippen LogP contribution in [0, 0.1) is 41.4 Å². The van der Waals surface area contributed by atoms with Crippen molar-refractivity contribution in [3.05, 3.63) is 23.0 Å². The summed E-state index contributed by atoms with van der Waals surface area (Å²) in [5.74, 6) is 3.53. The van der Waals surface area contributed by atoms with E-state index in [4.69, 9.17) is 0 Å². The molecule has 0 saturated heterocycles. The van der Waals surface area contributed by atoms with E-state index in [1.807, 2.05) is 18.7 Å². The molecule has 1 aromatic heterocycles. The molecule has 28 heavy (non-hydrogen) atoms. The number of Topliss-reactive ketones (excluding diaryl/α,β-unsaturated/α-hetero) is 1. The number of aryl methyl sites for hydroxylation is 2. The standard InChI is InChI=1S/C25H36N2O/c1-16-13-19(27(4)26-16)14-17-15-22-20-9-8-18-7-5-6-11-24(18,2)21(20)10-12-25(22,3)23(17)28/h13-14,18,20-22H,5-12,15H2,1-4H3/b17-14+/t18-,20-,21+,22+,24+,25+/m1/s1. The van der Waals surface area contributed by atoms with Crippen molar-refractivity contribution in [1.29, 1.82) is 0 Å². The van der Waals surface area contributed by atoms with Gasteiger partial charge < -0.3 is 0 Å². The first kappa shape index (κ1) is 18.6. The van der Waals surface area contributed by atoms with Gasteiger partial charge in [-0.1, -0.05) is 26.7 Å². The van der Waals surface area contributed by atoms with Crippen LogP contribution in [-0.4, -0.2) is 15.6 Å². The maximum atomic E-state index is 13.5. The van der Waals surface area contributed by atoms with Crippen LogP contribution < -0.4 is 0 Å². The summed E-state index contributed by atoms with van der Waals surface area (Å²) < 4.78 is 1.91. The predicted octanol–water partition coefficient (Wildman–Crippen LogP) is 5.72. The summed E-state index contributed by atoms with van der Waals surface area (Å²) in [6.45, 7) is 6.93. The summed E-state index contributed by atoms with van der Waals surface area (Å²) in [4.78, 5) is 13.5. The molecule has 1 heterocycles. The molecule has 3 heteroatoms. The van der Waals surface area contributed by atoms with Crippen molar-refractivity contribution in [2.24, 2.45) is 41.5 Å². The van der Waals surface area contributed by atoms with Crippen LogP contribution in [0.25, 0.3) is 6.08 Å². The van der Waals surface area contributed by atoms with Crippen molar-refractivity contribution in [2.75, 3.05) is 0 Å². The van der Waals surface area contributed by atoms with Gasteiger partial charge in [0.05, 0.1) is 11.4 Å². The van der Waals surface area contributed by atoms with E-state index in [1.54, 1.807) is 0 Å². The minimum Gasteiger partial charge on any atom is -0.294 e. The molecular formula is C25H36N2O. The topological polar surface area (TPSA) is 34.9 Å². The van der Waals surface area contributed by atoms with E-state index in [-0.39, 0.29) is 5.41 Å². The molecule has 0 aromatic carbocycles. The van der Waals surface area contributed by atoms with Gasteiger partial charge in [0.15, 0.2) is 5.78 Å². The first-order valence-electron chi connectivity index (χ1n) is 11.6. The Morgan fingerprint density at radius 3 is 2.68 bits per heavy atom. The molecule has 0 N–H and O–H groups in total. The minimum atomic E-state index is -0.126. The Morgan fingerprint density at radius 2 is 1.93 bits per heavy atom. The summed E-state index contributed by atoms with van der Waals surface area (Å²) in [7, 11) is 1.98. The number of carbonyl (C=O) groups excluding carboxylic acids is 1. The van der Waals surface area contributed by atoms with Crippen molar-refractivity contribution >= 4 is 11.9 Å². The molecule has 5 rings (SSSR count). The lowest BCUT2D eigenvalue weighted by Gasteiger charge is -2.59. The second kappa shape index (κ2) is 6.31. The summed E-state index contributed by atoms with van der Waals surface area (Å²) in [5.41, 5.74) is 3.57. The van der Waals surface area contributed by atoms with Crippen LogP contribution in [0.15, 0.2) is 11.6 Å². The zero-order chi connectivity index (χ0) is 19.7. The van der Waals surface area contributed by atoms with Gasteiger partial charge in [0, 0.05) is 12.5 Å². The molecule has 0 radical (unpaired) electrons. The monoisotopic (exact) mass is 380 g/mol. The lowest BCUT2D eigenvalue weighted by Crippen LogP contribution is -2.52. The number of rotatable bonds is 1. The minimum absolute atomic E-state index is 0.126. The molecule has 6 atom stereocenters. The number of hydrogen-bond acceptors (Lipinski definition) is 2. The molecule has 1 aromatic rings. The zero-order valence-electron chi connectivity index (χ0n) is 18.1. The van der Waals surface area contributed by atoms with Gasteiger partial charge in [-0.25, -0.2) is 0 Å². The zero-order valence-corrected chi connectivity index (χ0v) is 18.1. The lowest BCUT2D eigenvalue weighted by molar-refractivity contribution is -0.137. The van der Waals surface area contributed by atoms with E-state index in [1.165, 1.54) is 44.9 Å². The molecule has 0 spiro atoms. The van der Waals surface area contributed by atoms with Crippen LogP contribution >= 0.6 is 0 Å². The number of ketones is 1. The number of aromatic nitrogens is 2. The van der Waals surface area contributed by atoms with Crippen LogP contribution in [0.2, 0.25) is 0 Å². The average molecular weight is 381 g/mol. The Kier molecular flexibility index (Phi) is 4.20. The molecule has 0 amide bonds. The van der Waals surface area contributed by atoms with Gasteiger partial charge in [-0.05, 0) is 98.7 Å². The van der Waals surface area contributed by atoms with Crippen LogP contribution in [-0.2, 0) is 11.8 Å². The second-order valence-corrected chi connectivity index (χ2v) is 10.9. The maximum Gasteiger partial charge on any atom is 0.165 e. The number of allylic oxidation sites excluding steroid dienone is 1. The van der Waals surface area contributed by atoms with Crippen LogP contribution in [0.5, 0.6) is 0 Å². The molecular weight excluding hydrogens is 344 g/mol. The van der Waals surface area contributed by atoms with E-state index < -0.39 is 0 Å². The Bertz CT molecular complexity index is 836. The van der Waals surface area contributed by atoms with Gasteiger partial charge in [0.25, 0.3) is 0 Å². The molecule has 0 unspecified atom stereocenters. The number of carbonyl (C=O) groups is 1. The van der Waals surface area contributed by atoms with Crippen molar-refractivity contribution < 1.29 is 4.79 Å². The molecule has 4 aliphatic rings. The van der Waals surface area contributed by atoms with E-state index in [2.05, 4.69) is 31.1 Å². The van der Waals surface area contributed by atoms with Gasteiger partial charge in [-0.2, -0.15) is 5.10 Å². The van der Waals surface area contributed by atoms with Crippen LogP contribution in [0.3, 0.4) is 0 Å². The van der Waals surface area contributed by atoms with Crippen molar-refractivity contribution in [2.45, 2.75) is 78.6 Å². The van der Waals surface area contributed by atoms with E-state index in [0.717, 1.165) is 47.6 Å². The molecule has 0 aliphatic heterocycles. The summed E-state index contributed by atoms with van der Waals surface area (Å²) in [6, 6.07) is 2.10. The third kappa shape index (κ3) is 2.53. The van der Waals surface area contributed by atoms with Crippen LogP contribution in [0.1, 0.15) is 83.0 Å². The molecule has 4 aliphatic carbocycles. The van der Waals surface area contributed by atoms with E-state index in [9.17, 15) is 4.79 Å². The second-order valence-electron chi connectivity index (χ2n) is 10.9. The van der Waals surface area contributed by atoms with Gasteiger partial charge >= 0.3 is 0 Å². The molecule has 152 valence electrons. The fourth-order valence-electron chi connectivity index (χ4n) is 8.04. The van der Waals surface area contributed by atoms with Crippen molar-refractivity contribution in [1.82, 2.24) is 9.78 Å². The fourth-order valence-corrected chi connectivity index (χ4v) is 8.04. The Balaban J connectivity index is 1.47. The highest BCUT2D eigenvalue weighted by Crippen LogP contribution is 2.66. The first-order valence-corrected chi connectivity index (χ1v) is 11.6. The quantitative estimate of drug-likeness (QED) is 0.584. The smallest absolute Gasteiger partial charge is 0.165 e. The fraction of sp³-hybridized carbons (Fsp3) is 0.760. The van der Waals surface area contributed by atoms with Gasteiger partial charge in [-0.15, -0.1) is 0 Å². The summed E-state index contributed by atoms with van der Waals surface area (Å²) in [5, 5.41) is 4.47. The number of fused-ring (bicyclic) bond motifs is 5. The van der Waals surface area contributed by atoms with Crippen LogP contribution in [0.4, 0.5) is 0 Å². The van der Waals surface area contributed by atoms with Crippen molar-refractivity contribution in [3.8, 4) is 0 Å². The van der Waals surface area contributed by atoms with Gasteiger partial charge in [-0.3, -0.25) is 9.48 Å². The van der Waals surface area contributed by atoms with E-state index >= 15 is 0 Å². The highest BCUT2D eigenvalue weighted by molar-refractivity contribution is 6.05. The Morgan fingerprint density at radius 1 is 1.11 bits per heavy atom. The third-order valence-corrected chi connectivity index (χ3v) is 9.58. The van der Waals surface area contributed by atoms with Crippen molar-refractivity contribution in [3.63, 3.8) is 0 Å². The Labute approximate surface area is 170 Å². The predicted molar refractivity (Wildman–Crippen MR) is 113 cm³/mol. The van der Waals surface area contributed by atoms with E-state index in [0.29, 0.717) is 17.1 Å². The highest BCUT2D eigenvalue weighted by atomic mass is 16.1. The average Bonchev–Trinajstić information content (AvgIpc) is 3.11. The normalized spacial score (nSPS) is 44.3. The number of nitrogens with zero attached hydrogens (tertiary/aromatic N) is 2. The Hall–Kier alpha value is -1.38. The molecule has 3 nitrogen and oxygen atoms in total. The highest BCUT2D eigenvalue weighted by Gasteiger charge is 2.60. The summed E-state index contributed by atoms with van der Waals surface area (Å²) in [6.07, 6.45) is 14.0. The summed E-state index contributed by atoms with van der Waals surface area (Å²) >= 11 is 0. The first-order chi connectivity index (χ1) is 13.3. The molecule has 4 saturated carbocycles. The SMILES string of the molecule is Cc1cc(/C=C2\C[C@H]3[C@@H]4CC[C@H]5CCCC[C@]5(C)[C@H]4CC[C@]3(C)C2=O)n(C)n1.